The van der Waals surface area contributed by atoms with Gasteiger partial charge in [0.05, 0.1) is 25.2 Å². The Bertz CT molecular complexity index is 1320. The molecular formula is C32H47N7O. The van der Waals surface area contributed by atoms with Gasteiger partial charge < -0.3 is 24.4 Å². The molecule has 1 aliphatic heterocycles. The van der Waals surface area contributed by atoms with Crippen molar-refractivity contribution >= 4 is 22.9 Å². The molecule has 3 aliphatic rings. The Kier molecular flexibility index (Phi) is 8.24. The summed E-state index contributed by atoms with van der Waals surface area (Å²) in [5.41, 5.74) is 6.02. The third-order valence-electron chi connectivity index (χ3n) is 8.86. The van der Waals surface area contributed by atoms with Crippen LogP contribution < -0.4 is 10.2 Å². The molecule has 0 spiro atoms. The van der Waals surface area contributed by atoms with E-state index in [0.29, 0.717) is 6.04 Å². The number of allylic oxidation sites excluding steroid dienone is 6. The lowest BCUT2D eigenvalue weighted by molar-refractivity contribution is 0.280. The lowest BCUT2D eigenvalue weighted by atomic mass is 9.79. The van der Waals surface area contributed by atoms with Crippen LogP contribution in [0.15, 0.2) is 53.2 Å². The van der Waals surface area contributed by atoms with Crippen LogP contribution in [-0.4, -0.2) is 63.7 Å². The van der Waals surface area contributed by atoms with Gasteiger partial charge in [0.1, 0.15) is 5.52 Å². The van der Waals surface area contributed by atoms with Gasteiger partial charge in [-0.1, -0.05) is 51.0 Å². The lowest BCUT2D eigenvalue weighted by Crippen LogP contribution is -2.46. The highest BCUT2D eigenvalue weighted by molar-refractivity contribution is 5.85. The van der Waals surface area contributed by atoms with Crippen LogP contribution in [0.1, 0.15) is 79.7 Å². The van der Waals surface area contributed by atoms with Crippen molar-refractivity contribution in [2.24, 2.45) is 5.41 Å². The molecule has 1 N–H and O–H groups in total. The number of nitrogens with one attached hydrogen (secondary N) is 1. The van der Waals surface area contributed by atoms with Crippen molar-refractivity contribution < 1.29 is 4.74 Å². The number of rotatable bonds is 8. The van der Waals surface area contributed by atoms with Gasteiger partial charge in [-0.05, 0) is 57.1 Å². The van der Waals surface area contributed by atoms with E-state index >= 15 is 0 Å². The maximum Gasteiger partial charge on any atom is 0.229 e. The maximum absolute atomic E-state index is 5.42. The Morgan fingerprint density at radius 1 is 1.10 bits per heavy atom. The molecule has 1 atom stereocenters. The normalized spacial score (nSPS) is 21.3. The Morgan fingerprint density at radius 2 is 1.85 bits per heavy atom. The van der Waals surface area contributed by atoms with Gasteiger partial charge in [-0.25, -0.2) is 4.98 Å². The minimum absolute atomic E-state index is 0.140. The van der Waals surface area contributed by atoms with Crippen molar-refractivity contribution in [3.05, 3.63) is 53.2 Å². The maximum atomic E-state index is 5.42. The largest absolute Gasteiger partial charge is 0.501 e. The Hall–Kier alpha value is -3.29. The molecule has 1 saturated heterocycles. The van der Waals surface area contributed by atoms with Crippen LogP contribution in [0.5, 0.6) is 0 Å². The summed E-state index contributed by atoms with van der Waals surface area (Å²) in [6.45, 7) is 17.0. The van der Waals surface area contributed by atoms with Crippen molar-refractivity contribution in [1.29, 1.82) is 0 Å². The van der Waals surface area contributed by atoms with Gasteiger partial charge in [0.2, 0.25) is 5.95 Å². The van der Waals surface area contributed by atoms with Crippen molar-refractivity contribution in [2.75, 3.05) is 43.5 Å². The minimum Gasteiger partial charge on any atom is -0.501 e. The number of hydrogen-bond donors (Lipinski definition) is 1. The molecule has 0 radical (unpaired) electrons. The molecule has 0 bridgehead atoms. The second kappa shape index (κ2) is 11.7. The molecule has 5 rings (SSSR count). The summed E-state index contributed by atoms with van der Waals surface area (Å²) in [6, 6.07) is 0.694. The van der Waals surface area contributed by atoms with Crippen molar-refractivity contribution in [3.63, 3.8) is 0 Å². The van der Waals surface area contributed by atoms with E-state index in [0.717, 1.165) is 67.7 Å². The summed E-state index contributed by atoms with van der Waals surface area (Å²) in [7, 11) is 1.73. The van der Waals surface area contributed by atoms with Crippen molar-refractivity contribution in [1.82, 2.24) is 24.4 Å². The van der Waals surface area contributed by atoms with Gasteiger partial charge in [0.25, 0.3) is 0 Å². The van der Waals surface area contributed by atoms with E-state index in [4.69, 9.17) is 19.7 Å². The zero-order valence-electron chi connectivity index (χ0n) is 25.5. The van der Waals surface area contributed by atoms with E-state index in [1.54, 1.807) is 7.11 Å². The molecule has 2 aliphatic carbocycles. The van der Waals surface area contributed by atoms with E-state index in [-0.39, 0.29) is 11.5 Å². The van der Waals surface area contributed by atoms with Gasteiger partial charge >= 0.3 is 0 Å². The molecule has 8 nitrogen and oxygen atoms in total. The summed E-state index contributed by atoms with van der Waals surface area (Å²) in [6.07, 6.45) is 16.3. The molecule has 1 unspecified atom stereocenters. The first-order valence-electron chi connectivity index (χ1n) is 15.0. The second-order valence-electron chi connectivity index (χ2n) is 12.5. The standard InChI is InChI=1S/C32H47N7O/c1-8-26(40-7)15-13-23(3)37-16-18-38(19-17-37)31-35-29-28(39(21-33-29)25-10-9-11-25)30(36-31)34-27-20-24(32(4,5)6)14-12-22(27)2/h12-15,21,25,27H,8-11,16-20H2,1-7H3,(H,34,35,36). The fourth-order valence-corrected chi connectivity index (χ4v) is 5.71. The van der Waals surface area contributed by atoms with Crippen LogP contribution in [0.3, 0.4) is 0 Å². The number of nitrogens with zero attached hydrogens (tertiary/aromatic N) is 6. The van der Waals surface area contributed by atoms with Crippen LogP contribution >= 0.6 is 0 Å². The lowest BCUT2D eigenvalue weighted by Gasteiger charge is -2.37. The summed E-state index contributed by atoms with van der Waals surface area (Å²) in [5, 5.41) is 3.86. The first-order chi connectivity index (χ1) is 19.2. The summed E-state index contributed by atoms with van der Waals surface area (Å²) in [5.74, 6) is 2.67. The van der Waals surface area contributed by atoms with Gasteiger partial charge in [-0.15, -0.1) is 0 Å². The van der Waals surface area contributed by atoms with E-state index in [2.05, 4.69) is 85.5 Å². The Labute approximate surface area is 239 Å². The van der Waals surface area contributed by atoms with Crippen LogP contribution in [-0.2, 0) is 4.74 Å². The van der Waals surface area contributed by atoms with Gasteiger partial charge in [-0.3, -0.25) is 0 Å². The van der Waals surface area contributed by atoms with Crippen LogP contribution in [0, 0.1) is 5.41 Å². The third-order valence-corrected chi connectivity index (χ3v) is 8.86. The zero-order valence-corrected chi connectivity index (χ0v) is 25.5. The van der Waals surface area contributed by atoms with Gasteiger partial charge in [-0.2, -0.15) is 9.97 Å². The van der Waals surface area contributed by atoms with E-state index in [1.807, 2.05) is 6.33 Å². The number of ether oxygens (including phenoxy) is 1. The van der Waals surface area contributed by atoms with Crippen LogP contribution in [0.4, 0.5) is 11.8 Å². The fourth-order valence-electron chi connectivity index (χ4n) is 5.71. The molecular weight excluding hydrogens is 498 g/mol. The molecule has 1 saturated carbocycles. The minimum atomic E-state index is 0.140. The van der Waals surface area contributed by atoms with Crippen molar-refractivity contribution in [2.45, 2.75) is 85.7 Å². The molecule has 216 valence electrons. The average molecular weight is 546 g/mol. The predicted octanol–water partition coefficient (Wildman–Crippen LogP) is 6.62. The van der Waals surface area contributed by atoms with E-state index in [9.17, 15) is 0 Å². The molecule has 2 fully saturated rings. The Morgan fingerprint density at radius 3 is 2.48 bits per heavy atom. The van der Waals surface area contributed by atoms with Crippen LogP contribution in [0.25, 0.3) is 11.2 Å². The summed E-state index contributed by atoms with van der Waals surface area (Å²) in [4.78, 5) is 19.7. The third kappa shape index (κ3) is 5.91. The number of piperazine rings is 1. The molecule has 2 aromatic rings. The fraction of sp³-hybridized carbons (Fsp3) is 0.594. The molecule has 40 heavy (non-hydrogen) atoms. The predicted molar refractivity (Wildman–Crippen MR) is 164 cm³/mol. The monoisotopic (exact) mass is 545 g/mol. The SMILES string of the molecule is CCC(=CC=C(C)N1CCN(c2nc(NC3CC(C(C)(C)C)=CC=C3C)c3c(ncn3C3CCC3)n2)CC1)OC. The number of imidazole rings is 1. The zero-order chi connectivity index (χ0) is 28.4. The van der Waals surface area contributed by atoms with E-state index in [1.165, 1.54) is 36.1 Å². The molecule has 0 aromatic carbocycles. The highest BCUT2D eigenvalue weighted by Crippen LogP contribution is 2.38. The first-order valence-corrected chi connectivity index (χ1v) is 15.0. The molecule has 3 heterocycles. The molecule has 8 heteroatoms. The summed E-state index contributed by atoms with van der Waals surface area (Å²) < 4.78 is 7.74. The van der Waals surface area contributed by atoms with E-state index < -0.39 is 0 Å². The van der Waals surface area contributed by atoms with Crippen LogP contribution in [0.2, 0.25) is 0 Å². The number of aromatic nitrogens is 4. The topological polar surface area (TPSA) is 71.3 Å². The van der Waals surface area contributed by atoms with Crippen molar-refractivity contribution in [3.8, 4) is 0 Å². The number of fused-ring (bicyclic) bond motifs is 1. The number of methoxy groups -OCH3 is 1. The number of hydrogen-bond acceptors (Lipinski definition) is 7. The Balaban J connectivity index is 1.40. The van der Waals surface area contributed by atoms with Gasteiger partial charge in [0.15, 0.2) is 11.5 Å². The quantitative estimate of drug-likeness (QED) is 0.295. The highest BCUT2D eigenvalue weighted by Gasteiger charge is 2.29. The smallest absolute Gasteiger partial charge is 0.229 e. The molecule has 2 aromatic heterocycles. The van der Waals surface area contributed by atoms with Gasteiger partial charge in [0, 0.05) is 44.3 Å². The number of anilines is 2. The molecule has 0 amide bonds. The highest BCUT2D eigenvalue weighted by atomic mass is 16.5. The first kappa shape index (κ1) is 28.2. The summed E-state index contributed by atoms with van der Waals surface area (Å²) >= 11 is 0. The second-order valence-corrected chi connectivity index (χ2v) is 12.5. The average Bonchev–Trinajstić information content (AvgIpc) is 3.32.